The number of ether oxygens (including phenoxy) is 2. The first-order valence-corrected chi connectivity index (χ1v) is 10.5. The van der Waals surface area contributed by atoms with E-state index in [9.17, 15) is 9.59 Å². The van der Waals surface area contributed by atoms with Gasteiger partial charge in [-0.3, -0.25) is 9.59 Å². The van der Waals surface area contributed by atoms with E-state index in [1.54, 1.807) is 11.8 Å². The lowest BCUT2D eigenvalue weighted by Gasteiger charge is -2.25. The number of anilines is 1. The van der Waals surface area contributed by atoms with Gasteiger partial charge in [0.15, 0.2) is 0 Å². The quantitative estimate of drug-likeness (QED) is 0.673. The van der Waals surface area contributed by atoms with Gasteiger partial charge in [-0.15, -0.1) is 0 Å². The van der Waals surface area contributed by atoms with Gasteiger partial charge >= 0.3 is 5.97 Å². The molecule has 3 rings (SSSR count). The number of fused-ring (bicyclic) bond motifs is 1. The fraction of sp³-hybridized carbons (Fsp3) is 0.417. The lowest BCUT2D eigenvalue weighted by Crippen LogP contribution is -2.48. The molecule has 0 aliphatic carbocycles. The van der Waals surface area contributed by atoms with E-state index in [-0.39, 0.29) is 24.9 Å². The minimum absolute atomic E-state index is 0.0725. The number of esters is 1. The zero-order valence-corrected chi connectivity index (χ0v) is 17.9. The SMILES string of the molecule is CCOC(=O)CCN[C@H]1COc2ccccc2N(Cc2ccc(C(C)C)cc2)C1=O. The second-order valence-electron chi connectivity index (χ2n) is 7.66. The second kappa shape index (κ2) is 10.3. The maximum atomic E-state index is 13.4. The van der Waals surface area contributed by atoms with Crippen LogP contribution in [0, 0.1) is 0 Å². The molecule has 1 aliphatic heterocycles. The molecule has 0 saturated heterocycles. The maximum absolute atomic E-state index is 13.4. The van der Waals surface area contributed by atoms with E-state index < -0.39 is 6.04 Å². The smallest absolute Gasteiger partial charge is 0.307 e. The molecule has 160 valence electrons. The zero-order chi connectivity index (χ0) is 21.5. The summed E-state index contributed by atoms with van der Waals surface area (Å²) in [7, 11) is 0. The molecule has 2 aromatic rings. The van der Waals surface area contributed by atoms with Crippen LogP contribution in [-0.2, 0) is 20.9 Å². The molecule has 30 heavy (non-hydrogen) atoms. The number of nitrogens with one attached hydrogen (secondary N) is 1. The first kappa shape index (κ1) is 21.8. The van der Waals surface area contributed by atoms with Gasteiger partial charge < -0.3 is 19.7 Å². The second-order valence-corrected chi connectivity index (χ2v) is 7.66. The van der Waals surface area contributed by atoms with Crippen LogP contribution in [0.2, 0.25) is 0 Å². The van der Waals surface area contributed by atoms with Gasteiger partial charge in [-0.05, 0) is 36.1 Å². The number of hydrogen-bond acceptors (Lipinski definition) is 5. The standard InChI is InChI=1S/C24H30N2O4/c1-4-29-23(27)13-14-25-20-16-30-22-8-6-5-7-21(22)26(24(20)28)15-18-9-11-19(12-10-18)17(2)3/h5-12,17,20,25H,4,13-16H2,1-3H3/t20-/m0/s1. The van der Waals surface area contributed by atoms with Gasteiger partial charge in [0.2, 0.25) is 5.91 Å². The van der Waals surface area contributed by atoms with Crippen LogP contribution in [0.15, 0.2) is 48.5 Å². The summed E-state index contributed by atoms with van der Waals surface area (Å²) in [6.07, 6.45) is 0.210. The molecule has 6 nitrogen and oxygen atoms in total. The summed E-state index contributed by atoms with van der Waals surface area (Å²) < 4.78 is 10.9. The fourth-order valence-electron chi connectivity index (χ4n) is 3.43. The highest BCUT2D eigenvalue weighted by molar-refractivity contribution is 5.99. The Balaban J connectivity index is 1.77. The molecule has 2 aromatic carbocycles. The predicted molar refractivity (Wildman–Crippen MR) is 117 cm³/mol. The van der Waals surface area contributed by atoms with E-state index in [0.717, 1.165) is 11.3 Å². The Morgan fingerprint density at radius 3 is 2.63 bits per heavy atom. The fourth-order valence-corrected chi connectivity index (χ4v) is 3.43. The van der Waals surface area contributed by atoms with Gasteiger partial charge in [0.25, 0.3) is 0 Å². The Hall–Kier alpha value is -2.86. The van der Waals surface area contributed by atoms with E-state index in [4.69, 9.17) is 9.47 Å². The van der Waals surface area contributed by atoms with Crippen molar-refractivity contribution in [3.8, 4) is 5.75 Å². The molecule has 0 saturated carbocycles. The molecule has 0 bridgehead atoms. The van der Waals surface area contributed by atoms with Crippen molar-refractivity contribution in [2.45, 2.75) is 45.7 Å². The van der Waals surface area contributed by atoms with Crippen molar-refractivity contribution in [1.29, 1.82) is 0 Å². The Kier molecular flexibility index (Phi) is 7.46. The number of carbonyl (C=O) groups is 2. The molecule has 0 spiro atoms. The molecule has 1 atom stereocenters. The number of nitrogens with zero attached hydrogens (tertiary/aromatic N) is 1. The number of benzene rings is 2. The van der Waals surface area contributed by atoms with Gasteiger partial charge in [-0.25, -0.2) is 0 Å². The van der Waals surface area contributed by atoms with Crippen LogP contribution in [-0.4, -0.2) is 37.7 Å². The summed E-state index contributed by atoms with van der Waals surface area (Å²) in [4.78, 5) is 26.7. The molecule has 1 N–H and O–H groups in total. The lowest BCUT2D eigenvalue weighted by molar-refractivity contribution is -0.143. The first-order valence-electron chi connectivity index (χ1n) is 10.5. The van der Waals surface area contributed by atoms with Crippen molar-refractivity contribution < 1.29 is 19.1 Å². The first-order chi connectivity index (χ1) is 14.5. The molecule has 0 aromatic heterocycles. The topological polar surface area (TPSA) is 67.9 Å². The largest absolute Gasteiger partial charge is 0.489 e. The molecule has 1 aliphatic rings. The summed E-state index contributed by atoms with van der Waals surface area (Å²) in [6.45, 7) is 7.46. The van der Waals surface area contributed by atoms with E-state index in [1.807, 2.05) is 24.3 Å². The molecule has 0 fully saturated rings. The predicted octanol–water partition coefficient (Wildman–Crippen LogP) is 3.65. The van der Waals surface area contributed by atoms with Crippen LogP contribution in [0.5, 0.6) is 5.75 Å². The summed E-state index contributed by atoms with van der Waals surface area (Å²) in [5.41, 5.74) is 3.07. The molecular weight excluding hydrogens is 380 g/mol. The van der Waals surface area contributed by atoms with Crippen molar-refractivity contribution in [3.05, 3.63) is 59.7 Å². The summed E-state index contributed by atoms with van der Waals surface area (Å²) in [5, 5.41) is 3.16. The Morgan fingerprint density at radius 2 is 1.93 bits per heavy atom. The maximum Gasteiger partial charge on any atom is 0.307 e. The van der Waals surface area contributed by atoms with Crippen molar-refractivity contribution in [1.82, 2.24) is 5.32 Å². The highest BCUT2D eigenvalue weighted by atomic mass is 16.5. The van der Waals surface area contributed by atoms with Gasteiger partial charge in [-0.2, -0.15) is 0 Å². The Morgan fingerprint density at radius 1 is 1.20 bits per heavy atom. The van der Waals surface area contributed by atoms with E-state index in [0.29, 0.717) is 31.4 Å². The Labute approximate surface area is 178 Å². The average Bonchev–Trinajstić information content (AvgIpc) is 2.86. The summed E-state index contributed by atoms with van der Waals surface area (Å²) in [6, 6.07) is 15.4. The minimum atomic E-state index is -0.540. The van der Waals surface area contributed by atoms with Gasteiger partial charge in [0, 0.05) is 6.54 Å². The van der Waals surface area contributed by atoms with Crippen molar-refractivity contribution >= 4 is 17.6 Å². The van der Waals surface area contributed by atoms with Crippen LogP contribution < -0.4 is 15.0 Å². The third-order valence-electron chi connectivity index (χ3n) is 5.14. The third-order valence-corrected chi connectivity index (χ3v) is 5.14. The molecule has 1 heterocycles. The molecule has 6 heteroatoms. The average molecular weight is 411 g/mol. The highest BCUT2D eigenvalue weighted by Gasteiger charge is 2.31. The van der Waals surface area contributed by atoms with E-state index in [1.165, 1.54) is 5.56 Å². The van der Waals surface area contributed by atoms with Crippen molar-refractivity contribution in [2.75, 3.05) is 24.7 Å². The Bertz CT molecular complexity index is 864. The summed E-state index contributed by atoms with van der Waals surface area (Å²) >= 11 is 0. The van der Waals surface area contributed by atoms with Gasteiger partial charge in [0.05, 0.1) is 25.3 Å². The van der Waals surface area contributed by atoms with E-state index in [2.05, 4.69) is 43.4 Å². The molecular formula is C24H30N2O4. The van der Waals surface area contributed by atoms with Crippen LogP contribution >= 0.6 is 0 Å². The van der Waals surface area contributed by atoms with Crippen LogP contribution in [0.25, 0.3) is 0 Å². The third kappa shape index (κ3) is 5.39. The minimum Gasteiger partial charge on any atom is -0.489 e. The van der Waals surface area contributed by atoms with Gasteiger partial charge in [0.1, 0.15) is 18.4 Å². The van der Waals surface area contributed by atoms with Crippen molar-refractivity contribution in [2.24, 2.45) is 0 Å². The highest BCUT2D eigenvalue weighted by Crippen LogP contribution is 2.32. The monoisotopic (exact) mass is 410 g/mol. The van der Waals surface area contributed by atoms with Crippen LogP contribution in [0.1, 0.15) is 44.2 Å². The van der Waals surface area contributed by atoms with E-state index >= 15 is 0 Å². The number of hydrogen-bond donors (Lipinski definition) is 1. The lowest BCUT2D eigenvalue weighted by atomic mass is 10.0. The molecule has 1 amide bonds. The van der Waals surface area contributed by atoms with Crippen LogP contribution in [0.3, 0.4) is 0 Å². The number of carbonyl (C=O) groups excluding carboxylic acids is 2. The summed E-state index contributed by atoms with van der Waals surface area (Å²) in [5.74, 6) is 0.787. The van der Waals surface area contributed by atoms with Gasteiger partial charge in [-0.1, -0.05) is 50.2 Å². The normalized spacial score (nSPS) is 16.1. The molecule has 0 radical (unpaired) electrons. The van der Waals surface area contributed by atoms with Crippen molar-refractivity contribution in [3.63, 3.8) is 0 Å². The van der Waals surface area contributed by atoms with Crippen LogP contribution in [0.4, 0.5) is 5.69 Å². The number of para-hydroxylation sites is 2. The number of rotatable bonds is 8. The molecule has 0 unspecified atom stereocenters. The zero-order valence-electron chi connectivity index (χ0n) is 17.9. The number of amides is 1.